The predicted octanol–water partition coefficient (Wildman–Crippen LogP) is -0.923. The normalized spacial score (nSPS) is 19.9. The summed E-state index contributed by atoms with van der Waals surface area (Å²) in [5.74, 6) is 0.151. The first-order chi connectivity index (χ1) is 13.0. The molecule has 27 heavy (non-hydrogen) atoms. The standard InChI is InChI=1S/C18H27N3O5S/c1-3-19-6-8-21(9-7-19)27(23,24)15-4-5-17(25-2)16(14-15)18(22)20-10-12-26-13-11-20/h4-5,14H,3,6-13H2,1-2H3/p+1. The summed E-state index contributed by atoms with van der Waals surface area (Å²) in [4.78, 5) is 16.1. The molecule has 0 saturated carbocycles. The van der Waals surface area contributed by atoms with Crippen molar-refractivity contribution in [2.24, 2.45) is 0 Å². The number of ether oxygens (including phenoxy) is 2. The Morgan fingerprint density at radius 3 is 2.44 bits per heavy atom. The van der Waals surface area contributed by atoms with E-state index in [1.807, 2.05) is 0 Å². The van der Waals surface area contributed by atoms with Crippen molar-refractivity contribution in [2.45, 2.75) is 11.8 Å². The Morgan fingerprint density at radius 2 is 1.85 bits per heavy atom. The number of carbonyl (C=O) groups is 1. The number of carbonyl (C=O) groups excluding carboxylic acids is 1. The van der Waals surface area contributed by atoms with E-state index in [1.165, 1.54) is 28.4 Å². The average Bonchev–Trinajstić information content (AvgIpc) is 2.73. The van der Waals surface area contributed by atoms with Gasteiger partial charge in [-0.05, 0) is 25.1 Å². The van der Waals surface area contributed by atoms with E-state index in [0.29, 0.717) is 45.1 Å². The number of morpholine rings is 1. The van der Waals surface area contributed by atoms with Crippen LogP contribution in [0.3, 0.4) is 0 Å². The lowest BCUT2D eigenvalue weighted by Gasteiger charge is -2.31. The maximum absolute atomic E-state index is 13.1. The molecule has 1 aromatic carbocycles. The second-order valence-corrected chi connectivity index (χ2v) is 8.71. The number of piperazine rings is 1. The zero-order chi connectivity index (χ0) is 19.4. The molecular weight excluding hydrogens is 370 g/mol. The predicted molar refractivity (Wildman–Crippen MR) is 99.7 cm³/mol. The molecule has 0 radical (unpaired) electrons. The highest BCUT2D eigenvalue weighted by Gasteiger charge is 2.31. The van der Waals surface area contributed by atoms with E-state index in [9.17, 15) is 13.2 Å². The van der Waals surface area contributed by atoms with E-state index in [2.05, 4.69) is 6.92 Å². The number of likely N-dealkylation sites (N-methyl/N-ethyl adjacent to an activating group) is 1. The van der Waals surface area contributed by atoms with Gasteiger partial charge in [-0.25, -0.2) is 8.42 Å². The lowest BCUT2D eigenvalue weighted by molar-refractivity contribution is -0.901. The third kappa shape index (κ3) is 4.26. The van der Waals surface area contributed by atoms with Crippen LogP contribution in [0.4, 0.5) is 0 Å². The first-order valence-electron chi connectivity index (χ1n) is 9.36. The third-order valence-electron chi connectivity index (χ3n) is 5.27. The molecule has 1 N–H and O–H groups in total. The molecule has 1 amide bonds. The van der Waals surface area contributed by atoms with Crippen LogP contribution in [0.15, 0.2) is 23.1 Å². The summed E-state index contributed by atoms with van der Waals surface area (Å²) >= 11 is 0. The minimum atomic E-state index is -3.64. The molecule has 150 valence electrons. The van der Waals surface area contributed by atoms with Gasteiger partial charge in [0.25, 0.3) is 5.91 Å². The summed E-state index contributed by atoms with van der Waals surface area (Å²) in [5, 5.41) is 0. The Morgan fingerprint density at radius 1 is 1.19 bits per heavy atom. The second kappa shape index (κ2) is 8.55. The maximum Gasteiger partial charge on any atom is 0.257 e. The molecule has 0 spiro atoms. The van der Waals surface area contributed by atoms with Crippen molar-refractivity contribution in [1.29, 1.82) is 0 Å². The Kier molecular flexibility index (Phi) is 6.36. The number of hydrogen-bond acceptors (Lipinski definition) is 5. The SMILES string of the molecule is CC[NH+]1CCN(S(=O)(=O)c2ccc(OC)c(C(=O)N3CCOCC3)c2)CC1. The van der Waals surface area contributed by atoms with E-state index in [4.69, 9.17) is 9.47 Å². The van der Waals surface area contributed by atoms with Gasteiger partial charge in [0, 0.05) is 13.1 Å². The molecule has 2 fully saturated rings. The number of amides is 1. The molecule has 2 aliphatic heterocycles. The number of quaternary nitrogens is 1. The number of sulfonamides is 1. The zero-order valence-electron chi connectivity index (χ0n) is 15.9. The van der Waals surface area contributed by atoms with Gasteiger partial charge in [-0.1, -0.05) is 0 Å². The molecule has 2 heterocycles. The van der Waals surface area contributed by atoms with Gasteiger partial charge in [-0.3, -0.25) is 4.79 Å². The Bertz CT molecular complexity index is 769. The van der Waals surface area contributed by atoms with E-state index >= 15 is 0 Å². The van der Waals surface area contributed by atoms with Crippen molar-refractivity contribution in [1.82, 2.24) is 9.21 Å². The number of hydrogen-bond donors (Lipinski definition) is 1. The molecule has 0 atom stereocenters. The van der Waals surface area contributed by atoms with Crippen molar-refractivity contribution < 1.29 is 27.6 Å². The lowest BCUT2D eigenvalue weighted by atomic mass is 10.1. The van der Waals surface area contributed by atoms with Crippen LogP contribution in [0, 0.1) is 0 Å². The van der Waals surface area contributed by atoms with Crippen LogP contribution in [-0.2, 0) is 14.8 Å². The van der Waals surface area contributed by atoms with Crippen LogP contribution in [-0.4, -0.2) is 89.7 Å². The fourth-order valence-corrected chi connectivity index (χ4v) is 4.97. The fourth-order valence-electron chi connectivity index (χ4n) is 3.50. The van der Waals surface area contributed by atoms with Crippen molar-refractivity contribution in [3.05, 3.63) is 23.8 Å². The number of nitrogens with one attached hydrogen (secondary N) is 1. The van der Waals surface area contributed by atoms with Crippen LogP contribution >= 0.6 is 0 Å². The number of rotatable bonds is 5. The monoisotopic (exact) mass is 398 g/mol. The van der Waals surface area contributed by atoms with Crippen molar-refractivity contribution >= 4 is 15.9 Å². The van der Waals surface area contributed by atoms with Crippen molar-refractivity contribution in [2.75, 3.05) is 66.1 Å². The molecule has 2 saturated heterocycles. The lowest BCUT2D eigenvalue weighted by Crippen LogP contribution is -3.14. The Balaban J connectivity index is 1.86. The van der Waals surface area contributed by atoms with Gasteiger partial charge in [-0.2, -0.15) is 4.31 Å². The van der Waals surface area contributed by atoms with E-state index < -0.39 is 10.0 Å². The quantitative estimate of drug-likeness (QED) is 0.694. The summed E-state index contributed by atoms with van der Waals surface area (Å²) in [6.45, 7) is 7.61. The van der Waals surface area contributed by atoms with Gasteiger partial charge in [0.2, 0.25) is 10.0 Å². The molecule has 8 nitrogen and oxygen atoms in total. The van der Waals surface area contributed by atoms with Crippen LogP contribution in [0.2, 0.25) is 0 Å². The van der Waals surface area contributed by atoms with Gasteiger partial charge in [0.1, 0.15) is 5.75 Å². The highest BCUT2D eigenvalue weighted by Crippen LogP contribution is 2.26. The van der Waals surface area contributed by atoms with Gasteiger partial charge < -0.3 is 19.3 Å². The molecule has 1 aromatic rings. The van der Waals surface area contributed by atoms with Crippen molar-refractivity contribution in [3.63, 3.8) is 0 Å². The highest BCUT2D eigenvalue weighted by molar-refractivity contribution is 7.89. The van der Waals surface area contributed by atoms with Crippen LogP contribution in [0.1, 0.15) is 17.3 Å². The first kappa shape index (κ1) is 20.1. The summed E-state index contributed by atoms with van der Waals surface area (Å²) in [6.07, 6.45) is 0. The Hall–Kier alpha value is -1.68. The molecule has 0 aromatic heterocycles. The molecule has 9 heteroatoms. The van der Waals surface area contributed by atoms with E-state index in [1.54, 1.807) is 11.0 Å². The average molecular weight is 399 g/mol. The molecular formula is C18H28N3O5S+. The van der Waals surface area contributed by atoms with Crippen LogP contribution < -0.4 is 9.64 Å². The van der Waals surface area contributed by atoms with Gasteiger partial charge >= 0.3 is 0 Å². The first-order valence-corrected chi connectivity index (χ1v) is 10.8. The topological polar surface area (TPSA) is 80.6 Å². The van der Waals surface area contributed by atoms with Gasteiger partial charge in [0.05, 0.1) is 63.5 Å². The summed E-state index contributed by atoms with van der Waals surface area (Å²) < 4.78 is 38.2. The second-order valence-electron chi connectivity index (χ2n) is 6.77. The van der Waals surface area contributed by atoms with Gasteiger partial charge in [-0.15, -0.1) is 0 Å². The minimum absolute atomic E-state index is 0.139. The van der Waals surface area contributed by atoms with E-state index in [0.717, 1.165) is 19.6 Å². The summed E-state index contributed by atoms with van der Waals surface area (Å²) in [5.41, 5.74) is 0.276. The molecule has 3 rings (SSSR count). The summed E-state index contributed by atoms with van der Waals surface area (Å²) in [6, 6.07) is 4.53. The number of nitrogens with zero attached hydrogens (tertiary/aromatic N) is 2. The van der Waals surface area contributed by atoms with Gasteiger partial charge in [0.15, 0.2) is 0 Å². The van der Waals surface area contributed by atoms with Crippen LogP contribution in [0.25, 0.3) is 0 Å². The van der Waals surface area contributed by atoms with Crippen molar-refractivity contribution in [3.8, 4) is 5.75 Å². The third-order valence-corrected chi connectivity index (χ3v) is 7.16. The number of benzene rings is 1. The summed E-state index contributed by atoms with van der Waals surface area (Å²) in [7, 11) is -2.16. The maximum atomic E-state index is 13.1. The largest absolute Gasteiger partial charge is 0.496 e. The number of methoxy groups -OCH3 is 1. The molecule has 0 unspecified atom stereocenters. The molecule has 2 aliphatic rings. The fraction of sp³-hybridized carbons (Fsp3) is 0.611. The minimum Gasteiger partial charge on any atom is -0.496 e. The zero-order valence-corrected chi connectivity index (χ0v) is 16.8. The highest BCUT2D eigenvalue weighted by atomic mass is 32.2. The van der Waals surface area contributed by atoms with Crippen LogP contribution in [0.5, 0.6) is 5.75 Å². The molecule has 0 aliphatic carbocycles. The smallest absolute Gasteiger partial charge is 0.257 e. The van der Waals surface area contributed by atoms with E-state index in [-0.39, 0.29) is 16.4 Å². The Labute approximate surface area is 160 Å². The molecule has 0 bridgehead atoms.